The van der Waals surface area contributed by atoms with Crippen molar-refractivity contribution in [2.24, 2.45) is 5.10 Å². The first kappa shape index (κ1) is 13.5. The second-order valence-corrected chi connectivity index (χ2v) is 3.69. The van der Waals surface area contributed by atoms with Crippen LogP contribution in [0.4, 0.5) is 15.8 Å². The summed E-state index contributed by atoms with van der Waals surface area (Å²) in [6.45, 7) is 0. The van der Waals surface area contributed by atoms with Crippen molar-refractivity contribution in [2.75, 3.05) is 5.43 Å². The number of nitro groups is 1. The molecule has 18 heavy (non-hydrogen) atoms. The number of halogens is 2. The summed E-state index contributed by atoms with van der Waals surface area (Å²) in [7, 11) is 0. The molecule has 0 saturated heterocycles. The van der Waals surface area contributed by atoms with Crippen molar-refractivity contribution >= 4 is 33.0 Å². The Morgan fingerprint density at radius 2 is 2.11 bits per heavy atom. The van der Waals surface area contributed by atoms with Gasteiger partial charge in [-0.15, -0.1) is 0 Å². The molecule has 7 nitrogen and oxygen atoms in total. The maximum absolute atomic E-state index is 13.2. The van der Waals surface area contributed by atoms with Crippen molar-refractivity contribution in [1.29, 1.82) is 10.5 Å². The molecule has 0 amide bonds. The monoisotopic (exact) mass is 311 g/mol. The van der Waals surface area contributed by atoms with E-state index in [9.17, 15) is 14.5 Å². The zero-order valence-corrected chi connectivity index (χ0v) is 10.1. The lowest BCUT2D eigenvalue weighted by molar-refractivity contribution is -0.387. The van der Waals surface area contributed by atoms with E-state index in [0.29, 0.717) is 0 Å². The second kappa shape index (κ2) is 5.70. The highest BCUT2D eigenvalue weighted by Crippen LogP contribution is 2.30. The number of benzene rings is 1. The molecule has 90 valence electrons. The van der Waals surface area contributed by atoms with Crippen molar-refractivity contribution in [3.05, 3.63) is 32.5 Å². The molecule has 0 unspecified atom stereocenters. The fourth-order valence-corrected chi connectivity index (χ4v) is 1.36. The van der Waals surface area contributed by atoms with E-state index in [1.165, 1.54) is 12.1 Å². The van der Waals surface area contributed by atoms with Gasteiger partial charge in [0.25, 0.3) is 0 Å². The molecule has 0 aliphatic heterocycles. The minimum atomic E-state index is -1.01. The minimum Gasteiger partial charge on any atom is -0.275 e. The highest BCUT2D eigenvalue weighted by molar-refractivity contribution is 9.10. The molecule has 0 heterocycles. The lowest BCUT2D eigenvalue weighted by Gasteiger charge is -2.03. The Labute approximate surface area is 108 Å². The van der Waals surface area contributed by atoms with Gasteiger partial charge in [-0.05, 0) is 22.0 Å². The van der Waals surface area contributed by atoms with Crippen LogP contribution in [0, 0.1) is 38.6 Å². The summed E-state index contributed by atoms with van der Waals surface area (Å²) in [4.78, 5) is 9.62. The second-order valence-electron chi connectivity index (χ2n) is 2.84. The van der Waals surface area contributed by atoms with Crippen LogP contribution in [0.15, 0.2) is 21.7 Å². The average molecular weight is 312 g/mol. The molecule has 0 aliphatic rings. The van der Waals surface area contributed by atoms with Crippen LogP contribution in [-0.2, 0) is 0 Å². The maximum atomic E-state index is 13.2. The quantitative estimate of drug-likeness (QED) is 0.522. The van der Waals surface area contributed by atoms with E-state index in [-0.39, 0.29) is 10.2 Å². The van der Waals surface area contributed by atoms with Crippen LogP contribution in [-0.4, -0.2) is 10.6 Å². The number of rotatable bonds is 3. The third-order valence-electron chi connectivity index (χ3n) is 1.73. The van der Waals surface area contributed by atoms with Crippen LogP contribution in [0.3, 0.4) is 0 Å². The van der Waals surface area contributed by atoms with E-state index >= 15 is 0 Å². The Morgan fingerprint density at radius 3 is 2.61 bits per heavy atom. The lowest BCUT2D eigenvalue weighted by Crippen LogP contribution is -1.99. The van der Waals surface area contributed by atoms with Gasteiger partial charge >= 0.3 is 5.69 Å². The smallest absolute Gasteiger partial charge is 0.275 e. The number of anilines is 1. The molecule has 0 fully saturated rings. The van der Waals surface area contributed by atoms with Gasteiger partial charge in [0, 0.05) is 10.5 Å². The average Bonchev–Trinajstić information content (AvgIpc) is 2.32. The summed E-state index contributed by atoms with van der Waals surface area (Å²) in [5.41, 5.74) is 1.12. The number of nitriles is 2. The van der Waals surface area contributed by atoms with Gasteiger partial charge in [0.05, 0.1) is 10.6 Å². The predicted octanol–water partition coefficient (Wildman–Crippen LogP) is 2.31. The van der Waals surface area contributed by atoms with Crippen molar-refractivity contribution < 1.29 is 9.31 Å². The minimum absolute atomic E-state index is 0.0612. The summed E-state index contributed by atoms with van der Waals surface area (Å²) in [5.74, 6) is -1.01. The van der Waals surface area contributed by atoms with Crippen molar-refractivity contribution in [3.8, 4) is 12.1 Å². The van der Waals surface area contributed by atoms with Gasteiger partial charge in [-0.1, -0.05) is 0 Å². The van der Waals surface area contributed by atoms with E-state index in [2.05, 4.69) is 26.5 Å². The molecule has 0 bridgehead atoms. The molecule has 0 aliphatic carbocycles. The molecular weight excluding hydrogens is 309 g/mol. The molecule has 0 radical (unpaired) electrons. The van der Waals surface area contributed by atoms with E-state index in [1.807, 2.05) is 0 Å². The number of hydrogen-bond acceptors (Lipinski definition) is 6. The zero-order valence-electron chi connectivity index (χ0n) is 8.52. The largest absolute Gasteiger partial charge is 0.306 e. The van der Waals surface area contributed by atoms with E-state index in [0.717, 1.165) is 12.1 Å². The van der Waals surface area contributed by atoms with Gasteiger partial charge in [0.1, 0.15) is 12.1 Å². The van der Waals surface area contributed by atoms with Gasteiger partial charge in [0.15, 0.2) is 0 Å². The molecule has 0 atom stereocenters. The van der Waals surface area contributed by atoms with Crippen molar-refractivity contribution in [1.82, 2.24) is 0 Å². The van der Waals surface area contributed by atoms with Crippen LogP contribution < -0.4 is 5.43 Å². The van der Waals surface area contributed by atoms with Gasteiger partial charge in [-0.2, -0.15) is 20.0 Å². The highest BCUT2D eigenvalue weighted by atomic mass is 79.9. The van der Waals surface area contributed by atoms with Gasteiger partial charge in [0.2, 0.25) is 11.5 Å². The van der Waals surface area contributed by atoms with Gasteiger partial charge < -0.3 is 0 Å². The third-order valence-corrected chi connectivity index (χ3v) is 2.39. The van der Waals surface area contributed by atoms with Gasteiger partial charge in [-0.3, -0.25) is 15.5 Å². The third kappa shape index (κ3) is 2.99. The Morgan fingerprint density at radius 1 is 1.50 bits per heavy atom. The number of nitrogens with zero attached hydrogens (tertiary/aromatic N) is 4. The van der Waals surface area contributed by atoms with Crippen LogP contribution >= 0.6 is 15.9 Å². The number of hydrogen-bond donors (Lipinski definition) is 1. The first-order valence-corrected chi connectivity index (χ1v) is 5.06. The first-order chi connectivity index (χ1) is 8.49. The molecule has 9 heteroatoms. The highest BCUT2D eigenvalue weighted by Gasteiger charge is 2.17. The zero-order chi connectivity index (χ0) is 13.7. The molecule has 1 rings (SSSR count). The van der Waals surface area contributed by atoms with Crippen molar-refractivity contribution in [3.63, 3.8) is 0 Å². The fraction of sp³-hybridized carbons (Fsp3) is 0. The number of nitrogens with one attached hydrogen (secondary N) is 1. The normalized spacial score (nSPS) is 8.89. The van der Waals surface area contributed by atoms with Crippen molar-refractivity contribution in [2.45, 2.75) is 0 Å². The fourth-order valence-electron chi connectivity index (χ4n) is 0.954. The lowest BCUT2D eigenvalue weighted by atomic mass is 10.3. The Kier molecular flexibility index (Phi) is 4.29. The molecule has 0 aromatic heterocycles. The Bertz CT molecular complexity index is 601. The maximum Gasteiger partial charge on any atom is 0.306 e. The summed E-state index contributed by atoms with van der Waals surface area (Å²) in [5, 5.41) is 30.8. The van der Waals surface area contributed by atoms with E-state index in [4.69, 9.17) is 10.5 Å². The molecule has 1 aromatic rings. The molecule has 1 aromatic carbocycles. The Hall–Kier alpha value is -2.52. The number of hydrazone groups is 1. The molecule has 0 saturated carbocycles. The van der Waals surface area contributed by atoms with Crippen LogP contribution in [0.25, 0.3) is 0 Å². The van der Waals surface area contributed by atoms with Gasteiger partial charge in [-0.25, -0.2) is 0 Å². The topological polar surface area (TPSA) is 115 Å². The SMILES string of the molecule is N#CC(C#N)=NNc1cc([N+](=O)[O-])c(F)cc1Br. The van der Waals surface area contributed by atoms with Crippen LogP contribution in [0.2, 0.25) is 0 Å². The summed E-state index contributed by atoms with van der Waals surface area (Å²) < 4.78 is 13.3. The summed E-state index contributed by atoms with van der Waals surface area (Å²) in [6.07, 6.45) is 0. The summed E-state index contributed by atoms with van der Waals surface area (Å²) in [6, 6.07) is 4.77. The summed E-state index contributed by atoms with van der Waals surface area (Å²) >= 11 is 2.96. The van der Waals surface area contributed by atoms with Crippen LogP contribution in [0.5, 0.6) is 0 Å². The molecule has 1 N–H and O–H groups in total. The van der Waals surface area contributed by atoms with E-state index in [1.54, 1.807) is 0 Å². The molecule has 0 spiro atoms. The Balaban J connectivity index is 3.16. The molecular formula is C9H3BrFN5O2. The predicted molar refractivity (Wildman–Crippen MR) is 63.0 cm³/mol. The number of nitro benzene ring substituents is 1. The van der Waals surface area contributed by atoms with Crippen LogP contribution in [0.1, 0.15) is 0 Å². The van der Waals surface area contributed by atoms with E-state index < -0.39 is 22.1 Å². The first-order valence-electron chi connectivity index (χ1n) is 4.27. The standard InChI is InChI=1S/C9H3BrFN5O2/c10-6-1-7(11)9(16(17)18)2-8(6)15-14-5(3-12)4-13/h1-2,15H.